The number of fused-ring (bicyclic) bond motifs is 1. The summed E-state index contributed by atoms with van der Waals surface area (Å²) in [6, 6.07) is 13.0. The second kappa shape index (κ2) is 11.7. The lowest BCUT2D eigenvalue weighted by molar-refractivity contribution is -0.385. The highest BCUT2D eigenvalue weighted by Gasteiger charge is 2.31. The van der Waals surface area contributed by atoms with Gasteiger partial charge in [0.2, 0.25) is 5.75 Å². The monoisotopic (exact) mass is 618 g/mol. The number of alkyl halides is 3. The number of para-hydroxylation sites is 1. The van der Waals surface area contributed by atoms with Crippen LogP contribution in [-0.4, -0.2) is 40.0 Å². The molecule has 1 aromatic heterocycles. The van der Waals surface area contributed by atoms with Gasteiger partial charge in [0.15, 0.2) is 12.4 Å². The average Bonchev–Trinajstić information content (AvgIpc) is 2.91. The van der Waals surface area contributed by atoms with E-state index in [9.17, 15) is 32.9 Å². The molecule has 40 heavy (non-hydrogen) atoms. The fraction of sp³-hybridized carbons (Fsp3) is 0.154. The SMILES string of the molecule is CCOC(=O)COc1c(Br)cc(C=Nn2c(-c3cccc(C(F)(F)F)c3)nc3ccccc3c2=O)cc1[N+](=O)[O-]. The molecule has 10 nitrogen and oxygen atoms in total. The van der Waals surface area contributed by atoms with Crippen LogP contribution in [0.3, 0.4) is 0 Å². The summed E-state index contributed by atoms with van der Waals surface area (Å²) >= 11 is 3.18. The fourth-order valence-corrected chi connectivity index (χ4v) is 4.24. The van der Waals surface area contributed by atoms with Crippen LogP contribution in [0.25, 0.3) is 22.3 Å². The molecule has 0 aliphatic carbocycles. The third-order valence-corrected chi connectivity index (χ3v) is 6.00. The molecule has 14 heteroatoms. The minimum absolute atomic E-state index is 0.0234. The van der Waals surface area contributed by atoms with Crippen LogP contribution < -0.4 is 10.3 Å². The summed E-state index contributed by atoms with van der Waals surface area (Å²) in [6.07, 6.45) is -3.52. The number of hydrogen-bond acceptors (Lipinski definition) is 8. The summed E-state index contributed by atoms with van der Waals surface area (Å²) in [6.45, 7) is 1.13. The van der Waals surface area contributed by atoms with Crippen LogP contribution in [0, 0.1) is 10.1 Å². The molecule has 0 atom stereocenters. The van der Waals surface area contributed by atoms with Crippen LogP contribution in [0.1, 0.15) is 18.1 Å². The Bertz CT molecular complexity index is 1700. The molecule has 0 N–H and O–H groups in total. The molecule has 3 aromatic carbocycles. The topological polar surface area (TPSA) is 126 Å². The molecule has 0 amide bonds. The van der Waals surface area contributed by atoms with Crippen LogP contribution in [0.5, 0.6) is 5.75 Å². The van der Waals surface area contributed by atoms with Crippen molar-refractivity contribution in [2.24, 2.45) is 5.10 Å². The first kappa shape index (κ1) is 28.4. The average molecular weight is 619 g/mol. The highest BCUT2D eigenvalue weighted by Crippen LogP contribution is 2.36. The van der Waals surface area contributed by atoms with Gasteiger partial charge in [-0.1, -0.05) is 24.3 Å². The van der Waals surface area contributed by atoms with Crippen LogP contribution in [-0.2, 0) is 15.7 Å². The number of carbonyl (C=O) groups excluding carboxylic acids is 1. The van der Waals surface area contributed by atoms with E-state index in [2.05, 4.69) is 26.0 Å². The van der Waals surface area contributed by atoms with Gasteiger partial charge in [-0.25, -0.2) is 9.78 Å². The molecule has 0 fully saturated rings. The Balaban J connectivity index is 1.82. The Hall–Kier alpha value is -4.59. The Morgan fingerprint density at radius 2 is 1.93 bits per heavy atom. The van der Waals surface area contributed by atoms with Gasteiger partial charge in [0, 0.05) is 17.2 Å². The zero-order valence-electron chi connectivity index (χ0n) is 20.5. The quantitative estimate of drug-likeness (QED) is 0.109. The Labute approximate surface area is 231 Å². The van der Waals surface area contributed by atoms with Crippen molar-refractivity contribution in [3.63, 3.8) is 0 Å². The molecule has 0 spiro atoms. The maximum absolute atomic E-state index is 13.4. The van der Waals surface area contributed by atoms with Crippen LogP contribution in [0.2, 0.25) is 0 Å². The van der Waals surface area contributed by atoms with E-state index in [0.717, 1.165) is 29.1 Å². The Kier molecular flexibility index (Phi) is 8.28. The summed E-state index contributed by atoms with van der Waals surface area (Å²) in [5.41, 5.74) is -1.77. The number of carbonyl (C=O) groups is 1. The first-order valence-corrected chi connectivity index (χ1v) is 12.3. The van der Waals surface area contributed by atoms with Gasteiger partial charge in [0.25, 0.3) is 5.56 Å². The number of ether oxygens (including phenoxy) is 2. The number of aromatic nitrogens is 2. The van der Waals surface area contributed by atoms with E-state index < -0.39 is 40.5 Å². The minimum Gasteiger partial charge on any atom is -0.474 e. The molecule has 0 unspecified atom stereocenters. The zero-order chi connectivity index (χ0) is 29.0. The highest BCUT2D eigenvalue weighted by atomic mass is 79.9. The Morgan fingerprint density at radius 3 is 2.62 bits per heavy atom. The van der Waals surface area contributed by atoms with Gasteiger partial charge in [-0.2, -0.15) is 22.9 Å². The standard InChI is InChI=1S/C26H18BrF3N4O6/c1-2-39-22(35)14-40-23-19(27)10-15(11-21(23)34(37)38)13-31-33-24(16-6-5-7-17(12-16)26(28,29)30)32-20-9-4-3-8-18(20)25(33)36/h3-13H,2,14H2,1H3. The minimum atomic E-state index is -4.64. The number of esters is 1. The Morgan fingerprint density at radius 1 is 1.18 bits per heavy atom. The van der Waals surface area contributed by atoms with E-state index in [1.54, 1.807) is 19.1 Å². The van der Waals surface area contributed by atoms with Gasteiger partial charge >= 0.3 is 17.8 Å². The van der Waals surface area contributed by atoms with Gasteiger partial charge in [-0.05, 0) is 53.2 Å². The van der Waals surface area contributed by atoms with Crippen molar-refractivity contribution in [3.05, 3.63) is 96.7 Å². The maximum Gasteiger partial charge on any atom is 0.416 e. The van der Waals surface area contributed by atoms with E-state index in [0.29, 0.717) is 0 Å². The lowest BCUT2D eigenvalue weighted by atomic mass is 10.1. The number of hydrogen-bond donors (Lipinski definition) is 0. The molecule has 4 aromatic rings. The summed E-state index contributed by atoms with van der Waals surface area (Å²) in [7, 11) is 0. The summed E-state index contributed by atoms with van der Waals surface area (Å²) in [5, 5.41) is 16.0. The second-order valence-corrected chi connectivity index (χ2v) is 8.95. The summed E-state index contributed by atoms with van der Waals surface area (Å²) < 4.78 is 51.1. The van der Waals surface area contributed by atoms with E-state index in [1.807, 2.05) is 0 Å². The lowest BCUT2D eigenvalue weighted by Crippen LogP contribution is -2.20. The molecule has 0 saturated carbocycles. The van der Waals surface area contributed by atoms with Crippen molar-refractivity contribution in [3.8, 4) is 17.1 Å². The van der Waals surface area contributed by atoms with Crippen molar-refractivity contribution in [1.29, 1.82) is 0 Å². The van der Waals surface area contributed by atoms with E-state index in [-0.39, 0.29) is 44.7 Å². The number of rotatable bonds is 8. The van der Waals surface area contributed by atoms with Gasteiger partial charge in [0.05, 0.1) is 38.7 Å². The van der Waals surface area contributed by atoms with Crippen molar-refractivity contribution < 1.29 is 32.4 Å². The van der Waals surface area contributed by atoms with Crippen LogP contribution >= 0.6 is 15.9 Å². The molecule has 1 heterocycles. The smallest absolute Gasteiger partial charge is 0.416 e. The van der Waals surface area contributed by atoms with Gasteiger partial charge < -0.3 is 9.47 Å². The highest BCUT2D eigenvalue weighted by molar-refractivity contribution is 9.10. The molecule has 0 saturated heterocycles. The third-order valence-electron chi connectivity index (χ3n) is 5.41. The molecule has 0 aliphatic rings. The van der Waals surface area contributed by atoms with E-state index in [1.165, 1.54) is 30.3 Å². The van der Waals surface area contributed by atoms with Crippen LogP contribution in [0.4, 0.5) is 18.9 Å². The van der Waals surface area contributed by atoms with Gasteiger partial charge in [-0.3, -0.25) is 14.9 Å². The maximum atomic E-state index is 13.4. The number of benzene rings is 3. The zero-order valence-corrected chi connectivity index (χ0v) is 22.1. The molecule has 0 bridgehead atoms. The number of halogens is 4. The van der Waals surface area contributed by atoms with Gasteiger partial charge in [0.1, 0.15) is 0 Å². The first-order chi connectivity index (χ1) is 19.0. The molecular weight excluding hydrogens is 601 g/mol. The normalized spacial score (nSPS) is 11.6. The summed E-state index contributed by atoms with van der Waals surface area (Å²) in [4.78, 5) is 40.3. The van der Waals surface area contributed by atoms with Crippen molar-refractivity contribution in [2.45, 2.75) is 13.1 Å². The largest absolute Gasteiger partial charge is 0.474 e. The third kappa shape index (κ3) is 6.17. The van der Waals surface area contributed by atoms with Crippen LogP contribution in [0.15, 0.2) is 75.0 Å². The van der Waals surface area contributed by atoms with Crippen molar-refractivity contribution >= 4 is 44.7 Å². The fourth-order valence-electron chi connectivity index (χ4n) is 3.66. The molecule has 0 radical (unpaired) electrons. The predicted octanol–water partition coefficient (Wildman–Crippen LogP) is 5.58. The predicted molar refractivity (Wildman–Crippen MR) is 142 cm³/mol. The summed E-state index contributed by atoms with van der Waals surface area (Å²) in [5.74, 6) is -1.13. The van der Waals surface area contributed by atoms with Crippen molar-refractivity contribution in [2.75, 3.05) is 13.2 Å². The second-order valence-electron chi connectivity index (χ2n) is 8.09. The number of nitro benzene ring substituents is 1. The first-order valence-electron chi connectivity index (χ1n) is 11.5. The lowest BCUT2D eigenvalue weighted by Gasteiger charge is -2.12. The number of nitrogens with zero attached hydrogens (tertiary/aromatic N) is 4. The van der Waals surface area contributed by atoms with Crippen molar-refractivity contribution in [1.82, 2.24) is 9.66 Å². The number of nitro groups is 1. The van der Waals surface area contributed by atoms with E-state index in [4.69, 9.17) is 9.47 Å². The molecule has 0 aliphatic heterocycles. The molecule has 206 valence electrons. The molecule has 4 rings (SSSR count). The van der Waals surface area contributed by atoms with Gasteiger partial charge in [-0.15, -0.1) is 0 Å². The van der Waals surface area contributed by atoms with E-state index >= 15 is 0 Å². The molecular formula is C26H18BrF3N4O6.